The van der Waals surface area contributed by atoms with Crippen LogP contribution in [0.2, 0.25) is 0 Å². The van der Waals surface area contributed by atoms with Crippen LogP contribution in [0, 0.1) is 0 Å². The standard InChI is InChI=1S/C41H27NO/c1-5-16-28(17-6-1)35-32-24-15-25-33-36(29-18-7-2-8-19-29)40(31-22-11-4-12-23-31)43-41(38(32)33)39(34-26-13-14-27-42-34)37(35)30-20-9-3-10-21-30/h1-27H. The molecule has 202 valence electrons. The van der Waals surface area contributed by atoms with Crippen LogP contribution in [0.4, 0.5) is 0 Å². The zero-order valence-electron chi connectivity index (χ0n) is 23.4. The smallest absolute Gasteiger partial charge is 0.146 e. The Hall–Kier alpha value is -5.73. The predicted molar refractivity (Wildman–Crippen MR) is 177 cm³/mol. The molecule has 2 heteroatoms. The molecule has 1 aliphatic heterocycles. The molecule has 0 radical (unpaired) electrons. The summed E-state index contributed by atoms with van der Waals surface area (Å²) in [7, 11) is 0. The molecule has 7 aromatic rings. The summed E-state index contributed by atoms with van der Waals surface area (Å²) in [6.45, 7) is 0. The first-order valence-electron chi connectivity index (χ1n) is 14.6. The Morgan fingerprint density at radius 3 is 1.58 bits per heavy atom. The topological polar surface area (TPSA) is 22.1 Å². The first-order chi connectivity index (χ1) is 21.4. The van der Waals surface area contributed by atoms with Crippen LogP contribution >= 0.6 is 0 Å². The van der Waals surface area contributed by atoms with Gasteiger partial charge in [0.05, 0.1) is 11.3 Å². The molecule has 0 unspecified atom stereocenters. The molecule has 0 atom stereocenters. The van der Waals surface area contributed by atoms with Gasteiger partial charge in [0.15, 0.2) is 0 Å². The number of aromatic nitrogens is 1. The number of rotatable bonds is 5. The third-order valence-electron chi connectivity index (χ3n) is 8.13. The van der Waals surface area contributed by atoms with Gasteiger partial charge in [0.1, 0.15) is 11.5 Å². The molecule has 8 rings (SSSR count). The minimum Gasteiger partial charge on any atom is -0.455 e. The van der Waals surface area contributed by atoms with Crippen molar-refractivity contribution in [3.05, 3.63) is 181 Å². The summed E-state index contributed by atoms with van der Waals surface area (Å²) in [6, 6.07) is 55.1. The van der Waals surface area contributed by atoms with Gasteiger partial charge in [0, 0.05) is 28.3 Å². The molecular formula is C41H27NO. The lowest BCUT2D eigenvalue weighted by Crippen LogP contribution is -2.10. The van der Waals surface area contributed by atoms with Gasteiger partial charge in [-0.05, 0) is 45.3 Å². The molecule has 0 saturated carbocycles. The third kappa shape index (κ3) is 4.24. The normalized spacial score (nSPS) is 12.3. The summed E-state index contributed by atoms with van der Waals surface area (Å²) in [5, 5.41) is 2.25. The molecule has 0 saturated heterocycles. The first kappa shape index (κ1) is 25.0. The van der Waals surface area contributed by atoms with Gasteiger partial charge in [0.2, 0.25) is 0 Å². The number of benzene rings is 6. The van der Waals surface area contributed by atoms with E-state index >= 15 is 0 Å². The molecule has 1 aliphatic rings. The maximum Gasteiger partial charge on any atom is 0.146 e. The van der Waals surface area contributed by atoms with Crippen molar-refractivity contribution < 1.29 is 4.74 Å². The highest BCUT2D eigenvalue weighted by Gasteiger charge is 2.32. The Bertz CT molecular complexity index is 2100. The number of hydrogen-bond acceptors (Lipinski definition) is 2. The van der Waals surface area contributed by atoms with Gasteiger partial charge < -0.3 is 4.74 Å². The Labute approximate surface area is 251 Å². The number of nitrogens with zero attached hydrogens (tertiary/aromatic N) is 1. The monoisotopic (exact) mass is 549 g/mol. The fourth-order valence-corrected chi connectivity index (χ4v) is 6.33. The van der Waals surface area contributed by atoms with Crippen molar-refractivity contribution in [1.29, 1.82) is 0 Å². The van der Waals surface area contributed by atoms with E-state index in [0.717, 1.165) is 72.5 Å². The van der Waals surface area contributed by atoms with E-state index in [4.69, 9.17) is 9.72 Å². The van der Waals surface area contributed by atoms with Crippen LogP contribution in [0.5, 0.6) is 5.75 Å². The van der Waals surface area contributed by atoms with E-state index in [2.05, 4.69) is 140 Å². The minimum absolute atomic E-state index is 0.835. The zero-order valence-corrected chi connectivity index (χ0v) is 23.4. The highest BCUT2D eigenvalue weighted by atomic mass is 16.5. The minimum atomic E-state index is 0.835. The van der Waals surface area contributed by atoms with Crippen molar-refractivity contribution in [2.75, 3.05) is 0 Å². The van der Waals surface area contributed by atoms with E-state index < -0.39 is 0 Å². The Balaban J connectivity index is 1.59. The second-order valence-electron chi connectivity index (χ2n) is 10.7. The molecule has 0 aliphatic carbocycles. The maximum atomic E-state index is 7.24. The summed E-state index contributed by atoms with van der Waals surface area (Å²) >= 11 is 0. The molecular weight excluding hydrogens is 522 g/mol. The second-order valence-corrected chi connectivity index (χ2v) is 10.7. The molecule has 2 nitrogen and oxygen atoms in total. The van der Waals surface area contributed by atoms with Crippen LogP contribution in [0.15, 0.2) is 164 Å². The van der Waals surface area contributed by atoms with Gasteiger partial charge in [-0.2, -0.15) is 0 Å². The van der Waals surface area contributed by atoms with Gasteiger partial charge in [0.25, 0.3) is 0 Å². The molecule has 0 amide bonds. The van der Waals surface area contributed by atoms with E-state index in [-0.39, 0.29) is 0 Å². The predicted octanol–water partition coefficient (Wildman–Crippen LogP) is 10.5. The van der Waals surface area contributed by atoms with Crippen molar-refractivity contribution in [3.8, 4) is 39.3 Å². The molecule has 0 bridgehead atoms. The lowest BCUT2D eigenvalue weighted by molar-refractivity contribution is 0.521. The fraction of sp³-hybridized carbons (Fsp3) is 0. The largest absolute Gasteiger partial charge is 0.455 e. The van der Waals surface area contributed by atoms with Crippen LogP contribution in [0.3, 0.4) is 0 Å². The highest BCUT2D eigenvalue weighted by Crippen LogP contribution is 2.55. The quantitative estimate of drug-likeness (QED) is 0.213. The van der Waals surface area contributed by atoms with Crippen LogP contribution in [-0.4, -0.2) is 4.98 Å². The summed E-state index contributed by atoms with van der Waals surface area (Å²) in [5.41, 5.74) is 10.8. The third-order valence-corrected chi connectivity index (χ3v) is 8.13. The highest BCUT2D eigenvalue weighted by molar-refractivity contribution is 6.20. The van der Waals surface area contributed by atoms with Crippen molar-refractivity contribution in [2.45, 2.75) is 0 Å². The zero-order chi connectivity index (χ0) is 28.6. The number of ether oxygens (including phenoxy) is 1. The summed E-state index contributed by atoms with van der Waals surface area (Å²) in [5.74, 6) is 1.68. The number of hydrogen-bond donors (Lipinski definition) is 0. The lowest BCUT2D eigenvalue weighted by Gasteiger charge is -2.30. The molecule has 0 fully saturated rings. The average molecular weight is 550 g/mol. The summed E-state index contributed by atoms with van der Waals surface area (Å²) in [4.78, 5) is 4.92. The van der Waals surface area contributed by atoms with Gasteiger partial charge in [-0.1, -0.05) is 146 Å². The number of pyridine rings is 1. The van der Waals surface area contributed by atoms with Crippen LogP contribution in [0.1, 0.15) is 16.7 Å². The van der Waals surface area contributed by atoms with Crippen LogP contribution < -0.4 is 4.74 Å². The Morgan fingerprint density at radius 2 is 0.977 bits per heavy atom. The van der Waals surface area contributed by atoms with E-state index in [0.29, 0.717) is 0 Å². The second kappa shape index (κ2) is 10.6. The molecule has 6 aromatic carbocycles. The van der Waals surface area contributed by atoms with E-state index in [9.17, 15) is 0 Å². The van der Waals surface area contributed by atoms with Gasteiger partial charge in [-0.25, -0.2) is 0 Å². The Morgan fingerprint density at radius 1 is 0.419 bits per heavy atom. The molecule has 0 N–H and O–H groups in total. The molecule has 0 spiro atoms. The van der Waals surface area contributed by atoms with Crippen molar-refractivity contribution in [2.24, 2.45) is 0 Å². The van der Waals surface area contributed by atoms with E-state index in [1.165, 1.54) is 5.56 Å². The van der Waals surface area contributed by atoms with Gasteiger partial charge >= 0.3 is 0 Å². The van der Waals surface area contributed by atoms with Crippen molar-refractivity contribution in [3.63, 3.8) is 0 Å². The lowest BCUT2D eigenvalue weighted by atomic mass is 9.80. The Kier molecular flexibility index (Phi) is 6.16. The molecule has 43 heavy (non-hydrogen) atoms. The molecule has 1 aromatic heterocycles. The fourth-order valence-electron chi connectivity index (χ4n) is 6.33. The molecule has 2 heterocycles. The maximum absolute atomic E-state index is 7.24. The van der Waals surface area contributed by atoms with Gasteiger partial charge in [-0.3, -0.25) is 4.98 Å². The van der Waals surface area contributed by atoms with Crippen molar-refractivity contribution >= 4 is 22.1 Å². The van der Waals surface area contributed by atoms with E-state index in [1.807, 2.05) is 24.4 Å². The van der Waals surface area contributed by atoms with Crippen molar-refractivity contribution in [1.82, 2.24) is 4.98 Å². The van der Waals surface area contributed by atoms with Gasteiger partial charge in [-0.15, -0.1) is 0 Å². The van der Waals surface area contributed by atoms with Crippen LogP contribution in [0.25, 0.3) is 55.6 Å². The summed E-state index contributed by atoms with van der Waals surface area (Å²) in [6.07, 6.45) is 1.86. The van der Waals surface area contributed by atoms with Crippen LogP contribution in [-0.2, 0) is 0 Å². The SMILES string of the molecule is c1ccc(C2=C(c3ccccc3)c3cccc4c(-c5ccccc5)c(-c5ccccc5)c(-c5ccccn5)c(c34)O2)cc1. The first-order valence-corrected chi connectivity index (χ1v) is 14.6. The summed E-state index contributed by atoms with van der Waals surface area (Å²) < 4.78 is 7.24. The van der Waals surface area contributed by atoms with E-state index in [1.54, 1.807) is 0 Å². The average Bonchev–Trinajstić information content (AvgIpc) is 3.10.